The van der Waals surface area contributed by atoms with Crippen molar-refractivity contribution in [1.82, 2.24) is 4.98 Å². The van der Waals surface area contributed by atoms with Crippen LogP contribution in [0.5, 0.6) is 0 Å². The molecule has 2 nitrogen and oxygen atoms in total. The average molecular weight is 264 g/mol. The van der Waals surface area contributed by atoms with E-state index in [0.29, 0.717) is 11.8 Å². The molecule has 18 heavy (non-hydrogen) atoms. The van der Waals surface area contributed by atoms with Gasteiger partial charge in [0.05, 0.1) is 15.2 Å². The van der Waals surface area contributed by atoms with Gasteiger partial charge in [-0.25, -0.2) is 9.37 Å². The molecule has 1 aromatic heterocycles. The Morgan fingerprint density at radius 3 is 3.00 bits per heavy atom. The second-order valence-corrected chi connectivity index (χ2v) is 6.11. The molecular weight excluding hydrogens is 247 g/mol. The van der Waals surface area contributed by atoms with Crippen molar-refractivity contribution in [2.75, 3.05) is 6.54 Å². The van der Waals surface area contributed by atoms with Gasteiger partial charge in [-0.2, -0.15) is 0 Å². The molecule has 0 saturated heterocycles. The Bertz CT molecular complexity index is 552. The number of benzene rings is 1. The second kappa shape index (κ2) is 4.94. The SMILES string of the molecule is NCC1CCCCC1c1nc2cc(F)ccc2s1. The molecule has 0 bridgehead atoms. The maximum absolute atomic E-state index is 13.2. The van der Waals surface area contributed by atoms with Gasteiger partial charge in [0.1, 0.15) is 5.82 Å². The minimum Gasteiger partial charge on any atom is -0.330 e. The Morgan fingerprint density at radius 2 is 2.17 bits per heavy atom. The fraction of sp³-hybridized carbons (Fsp3) is 0.500. The second-order valence-electron chi connectivity index (χ2n) is 5.05. The Balaban J connectivity index is 1.97. The first-order chi connectivity index (χ1) is 8.78. The van der Waals surface area contributed by atoms with Crippen LogP contribution in [-0.2, 0) is 0 Å². The van der Waals surface area contributed by atoms with Crippen LogP contribution in [0.25, 0.3) is 10.2 Å². The van der Waals surface area contributed by atoms with Crippen molar-refractivity contribution in [1.29, 1.82) is 0 Å². The third kappa shape index (κ3) is 2.15. The molecule has 0 radical (unpaired) electrons. The van der Waals surface area contributed by atoms with Gasteiger partial charge in [-0.05, 0) is 37.4 Å². The van der Waals surface area contributed by atoms with Gasteiger partial charge in [-0.3, -0.25) is 0 Å². The van der Waals surface area contributed by atoms with E-state index >= 15 is 0 Å². The van der Waals surface area contributed by atoms with E-state index in [1.54, 1.807) is 11.3 Å². The maximum Gasteiger partial charge on any atom is 0.125 e. The van der Waals surface area contributed by atoms with Crippen molar-refractivity contribution in [3.05, 3.63) is 29.0 Å². The summed E-state index contributed by atoms with van der Waals surface area (Å²) in [6.07, 6.45) is 4.90. The monoisotopic (exact) mass is 264 g/mol. The van der Waals surface area contributed by atoms with Gasteiger partial charge in [-0.1, -0.05) is 12.8 Å². The number of aromatic nitrogens is 1. The molecule has 1 heterocycles. The molecule has 4 heteroatoms. The van der Waals surface area contributed by atoms with Gasteiger partial charge in [-0.15, -0.1) is 11.3 Å². The van der Waals surface area contributed by atoms with Gasteiger partial charge in [0.2, 0.25) is 0 Å². The minimum absolute atomic E-state index is 0.210. The molecule has 1 aliphatic carbocycles. The fourth-order valence-corrected chi connectivity index (χ4v) is 4.07. The van der Waals surface area contributed by atoms with E-state index in [0.717, 1.165) is 21.8 Å². The Morgan fingerprint density at radius 1 is 1.33 bits per heavy atom. The standard InChI is InChI=1S/C14H17FN2S/c15-10-5-6-13-12(7-10)17-14(18-13)11-4-2-1-3-9(11)8-16/h5-7,9,11H,1-4,8,16H2. The molecule has 2 unspecified atom stereocenters. The summed E-state index contributed by atoms with van der Waals surface area (Å²) in [5.41, 5.74) is 6.65. The molecular formula is C14H17FN2S. The van der Waals surface area contributed by atoms with Crippen molar-refractivity contribution in [3.8, 4) is 0 Å². The molecule has 2 N–H and O–H groups in total. The van der Waals surface area contributed by atoms with Gasteiger partial charge >= 0.3 is 0 Å². The zero-order valence-corrected chi connectivity index (χ0v) is 11.0. The summed E-state index contributed by atoms with van der Waals surface area (Å²) in [7, 11) is 0. The zero-order valence-electron chi connectivity index (χ0n) is 10.2. The zero-order chi connectivity index (χ0) is 12.5. The van der Waals surface area contributed by atoms with Crippen LogP contribution in [-0.4, -0.2) is 11.5 Å². The van der Waals surface area contributed by atoms with E-state index in [1.807, 2.05) is 6.07 Å². The number of hydrogen-bond donors (Lipinski definition) is 1. The lowest BCUT2D eigenvalue weighted by atomic mass is 9.79. The first kappa shape index (κ1) is 12.1. The Kier molecular flexibility index (Phi) is 3.31. The van der Waals surface area contributed by atoms with Crippen LogP contribution in [0.2, 0.25) is 0 Å². The average Bonchev–Trinajstić information content (AvgIpc) is 2.81. The molecule has 96 valence electrons. The lowest BCUT2D eigenvalue weighted by Gasteiger charge is -2.28. The lowest BCUT2D eigenvalue weighted by molar-refractivity contribution is 0.314. The maximum atomic E-state index is 13.2. The molecule has 3 rings (SSSR count). The summed E-state index contributed by atoms with van der Waals surface area (Å²) in [6, 6.07) is 4.85. The first-order valence-electron chi connectivity index (χ1n) is 6.54. The van der Waals surface area contributed by atoms with Crippen molar-refractivity contribution in [2.45, 2.75) is 31.6 Å². The molecule has 1 fully saturated rings. The van der Waals surface area contributed by atoms with Gasteiger partial charge in [0.25, 0.3) is 0 Å². The molecule has 2 atom stereocenters. The largest absolute Gasteiger partial charge is 0.330 e. The number of rotatable bonds is 2. The number of thiazole rings is 1. The summed E-state index contributed by atoms with van der Waals surface area (Å²) in [4.78, 5) is 4.62. The minimum atomic E-state index is -0.210. The third-order valence-corrected chi connectivity index (χ3v) is 5.06. The van der Waals surface area contributed by atoms with Crippen molar-refractivity contribution in [3.63, 3.8) is 0 Å². The van der Waals surface area contributed by atoms with Crippen molar-refractivity contribution in [2.24, 2.45) is 11.7 Å². The quantitative estimate of drug-likeness (QED) is 0.899. The lowest BCUT2D eigenvalue weighted by Crippen LogP contribution is -2.25. The van der Waals surface area contributed by atoms with E-state index in [2.05, 4.69) is 4.98 Å². The van der Waals surface area contributed by atoms with E-state index in [-0.39, 0.29) is 5.82 Å². The van der Waals surface area contributed by atoms with Crippen molar-refractivity contribution >= 4 is 21.6 Å². The molecule has 1 aliphatic rings. The van der Waals surface area contributed by atoms with Gasteiger partial charge in [0, 0.05) is 12.0 Å². The number of nitrogens with zero attached hydrogens (tertiary/aromatic N) is 1. The number of hydrogen-bond acceptors (Lipinski definition) is 3. The first-order valence-corrected chi connectivity index (χ1v) is 7.35. The van der Waals surface area contributed by atoms with Crippen LogP contribution in [0.15, 0.2) is 18.2 Å². The highest BCUT2D eigenvalue weighted by atomic mass is 32.1. The van der Waals surface area contributed by atoms with E-state index < -0.39 is 0 Å². The number of halogens is 1. The molecule has 1 aromatic carbocycles. The number of nitrogens with two attached hydrogens (primary N) is 1. The molecule has 0 amide bonds. The van der Waals surface area contributed by atoms with Crippen molar-refractivity contribution < 1.29 is 4.39 Å². The Hall–Kier alpha value is -1.00. The van der Waals surface area contributed by atoms with Crippen LogP contribution < -0.4 is 5.73 Å². The predicted octanol–water partition coefficient (Wildman–Crippen LogP) is 3.67. The number of fused-ring (bicyclic) bond motifs is 1. The van der Waals surface area contributed by atoms with E-state index in [9.17, 15) is 4.39 Å². The summed E-state index contributed by atoms with van der Waals surface area (Å²) >= 11 is 1.70. The smallest absolute Gasteiger partial charge is 0.125 e. The third-order valence-electron chi connectivity index (χ3n) is 3.90. The van der Waals surface area contributed by atoms with Crippen LogP contribution in [0.3, 0.4) is 0 Å². The molecule has 0 aliphatic heterocycles. The summed E-state index contributed by atoms with van der Waals surface area (Å²) in [5, 5.41) is 1.14. The highest BCUT2D eigenvalue weighted by molar-refractivity contribution is 7.18. The summed E-state index contributed by atoms with van der Waals surface area (Å²) in [5.74, 6) is 0.812. The van der Waals surface area contributed by atoms with Gasteiger partial charge < -0.3 is 5.73 Å². The molecule has 1 saturated carbocycles. The van der Waals surface area contributed by atoms with Crippen LogP contribution in [0, 0.1) is 11.7 Å². The van der Waals surface area contributed by atoms with Crippen LogP contribution >= 0.6 is 11.3 Å². The highest BCUT2D eigenvalue weighted by Crippen LogP contribution is 2.40. The predicted molar refractivity (Wildman–Crippen MR) is 73.3 cm³/mol. The van der Waals surface area contributed by atoms with Gasteiger partial charge in [0.15, 0.2) is 0 Å². The highest BCUT2D eigenvalue weighted by Gasteiger charge is 2.27. The summed E-state index contributed by atoms with van der Waals surface area (Å²) in [6.45, 7) is 0.731. The summed E-state index contributed by atoms with van der Waals surface area (Å²) < 4.78 is 14.3. The van der Waals surface area contributed by atoms with Crippen LogP contribution in [0.1, 0.15) is 36.6 Å². The molecule has 0 spiro atoms. The normalized spacial score (nSPS) is 24.6. The Labute approximate surface area is 110 Å². The topological polar surface area (TPSA) is 38.9 Å². The van der Waals surface area contributed by atoms with Crippen LogP contribution in [0.4, 0.5) is 4.39 Å². The van der Waals surface area contributed by atoms with E-state index in [4.69, 9.17) is 5.73 Å². The fourth-order valence-electron chi connectivity index (χ4n) is 2.89. The van der Waals surface area contributed by atoms with E-state index in [1.165, 1.54) is 37.8 Å². The molecule has 2 aromatic rings.